The summed E-state index contributed by atoms with van der Waals surface area (Å²) < 4.78 is 145. The summed E-state index contributed by atoms with van der Waals surface area (Å²) in [5.74, 6) is -3.99. The number of nitrogens with zero attached hydrogens (tertiary/aromatic N) is 4. The second-order valence-corrected chi connectivity index (χ2v) is 16.2. The third-order valence-corrected chi connectivity index (χ3v) is 11.0. The molecule has 0 radical (unpaired) electrons. The van der Waals surface area contributed by atoms with Crippen LogP contribution in [0, 0.1) is 18.6 Å². The van der Waals surface area contributed by atoms with E-state index in [0.29, 0.717) is 28.7 Å². The summed E-state index contributed by atoms with van der Waals surface area (Å²) >= 11 is 0. The van der Waals surface area contributed by atoms with E-state index in [4.69, 9.17) is 18.9 Å². The lowest BCUT2D eigenvalue weighted by Gasteiger charge is -2.47. The zero-order valence-corrected chi connectivity index (χ0v) is 33.9. The Kier molecular flexibility index (Phi) is 11.3. The minimum atomic E-state index is -5.33. The van der Waals surface area contributed by atoms with Crippen LogP contribution < -0.4 is 19.1 Å². The molecule has 0 aliphatic carbocycles. The number of pyridine rings is 1. The number of benzene rings is 3. The maximum Gasteiger partial charge on any atom is 0.427 e. The molecule has 326 valence electrons. The van der Waals surface area contributed by atoms with Gasteiger partial charge in [0.05, 0.1) is 43.6 Å². The molecule has 4 heterocycles. The first-order valence-corrected chi connectivity index (χ1v) is 19.3. The van der Waals surface area contributed by atoms with Gasteiger partial charge in [0, 0.05) is 25.2 Å². The maximum absolute atomic E-state index is 16.5. The van der Waals surface area contributed by atoms with E-state index in [1.165, 1.54) is 24.0 Å². The number of halogens is 8. The molecule has 2 amide bonds. The van der Waals surface area contributed by atoms with E-state index >= 15 is 35.1 Å². The third kappa shape index (κ3) is 8.45. The largest absolute Gasteiger partial charge is 0.497 e. The van der Waals surface area contributed by atoms with Gasteiger partial charge in [-0.05, 0) is 93.6 Å². The fourth-order valence-corrected chi connectivity index (χ4v) is 8.36. The molecule has 3 aromatic carbocycles. The highest BCUT2D eigenvalue weighted by molar-refractivity contribution is 5.98. The van der Waals surface area contributed by atoms with E-state index in [0.717, 1.165) is 17.9 Å². The zero-order chi connectivity index (χ0) is 44.3. The van der Waals surface area contributed by atoms with Crippen molar-refractivity contribution in [2.75, 3.05) is 25.7 Å². The van der Waals surface area contributed by atoms with Gasteiger partial charge < -0.3 is 28.7 Å². The molecule has 3 aliphatic heterocycles. The van der Waals surface area contributed by atoms with Gasteiger partial charge >= 0.3 is 18.4 Å². The molecule has 4 aromatic rings. The number of fused-ring (bicyclic) bond motifs is 5. The second kappa shape index (κ2) is 15.9. The number of hydrogen-bond acceptors (Lipinski definition) is 8. The Morgan fingerprint density at radius 1 is 0.869 bits per heavy atom. The lowest BCUT2D eigenvalue weighted by molar-refractivity contribution is -0.217. The average Bonchev–Trinajstić information content (AvgIpc) is 3.44. The first-order chi connectivity index (χ1) is 28.6. The molecule has 10 nitrogen and oxygen atoms in total. The third-order valence-electron chi connectivity index (χ3n) is 11.0. The molecule has 1 aromatic heterocycles. The molecule has 7 rings (SSSR count). The van der Waals surface area contributed by atoms with Gasteiger partial charge in [0.1, 0.15) is 34.2 Å². The maximum atomic E-state index is 16.5. The Bertz CT molecular complexity index is 2270. The van der Waals surface area contributed by atoms with Crippen LogP contribution in [0.25, 0.3) is 11.3 Å². The van der Waals surface area contributed by atoms with Crippen molar-refractivity contribution in [2.24, 2.45) is 0 Å². The minimum Gasteiger partial charge on any atom is -0.497 e. The number of anilines is 1. The first-order valence-electron chi connectivity index (χ1n) is 19.3. The SMILES string of the molecule is COc1ccc(CN(Cc2ccc(OC)cc2)c2cc(-c3nc4c(cc3F)C(=O)N3C[C@H]5CC[C@@H]([C@H]3[C@H](C(F)(F)F)O4)N5C(=O)OC(C)(C)C)c(C(F)(F)F)c(C)c2F)cc1. The summed E-state index contributed by atoms with van der Waals surface area (Å²) in [6, 6.07) is 10.6. The lowest BCUT2D eigenvalue weighted by atomic mass is 9.95. The Labute approximate surface area is 345 Å². The Hall–Kier alpha value is -5.81. The standard InChI is InChI=1S/C43H42F8N4O6/c1-22-33(42(46,47)48)28(18-32(34(22)45)53(19-23-7-12-26(58-5)13-8-23)20-24-9-14-27(59-6)15-10-24)35-30(44)17-29-38(52-35)60-37(43(49,50)51)36-31-16-11-25(21-54(36)39(29)56)55(31)40(57)61-41(2,3)4/h7-10,12-15,17-18,25,31,36-37H,11,16,19-21H2,1-6H3/t25-,31+,36+,37-/m1/s1. The molecule has 0 unspecified atom stereocenters. The molecule has 4 atom stereocenters. The van der Waals surface area contributed by atoms with Crippen LogP contribution in [0.4, 0.5) is 45.6 Å². The number of amides is 2. The molecule has 2 bridgehead atoms. The fraction of sp³-hybridized carbons (Fsp3) is 0.419. The van der Waals surface area contributed by atoms with Crippen LogP contribution in [-0.4, -0.2) is 83.6 Å². The van der Waals surface area contributed by atoms with Gasteiger partial charge in [-0.25, -0.2) is 18.6 Å². The number of carbonyl (C=O) groups is 2. The molecule has 18 heteroatoms. The van der Waals surface area contributed by atoms with E-state index in [2.05, 4.69) is 4.98 Å². The van der Waals surface area contributed by atoms with Crippen molar-refractivity contribution in [1.29, 1.82) is 0 Å². The number of rotatable bonds is 8. The van der Waals surface area contributed by atoms with Gasteiger partial charge in [-0.15, -0.1) is 0 Å². The topological polar surface area (TPSA) is 93.7 Å². The van der Waals surface area contributed by atoms with Crippen LogP contribution in [0.15, 0.2) is 60.7 Å². The molecule has 61 heavy (non-hydrogen) atoms. The summed E-state index contributed by atoms with van der Waals surface area (Å²) in [4.78, 5) is 34.8. The van der Waals surface area contributed by atoms with Crippen LogP contribution in [-0.2, 0) is 24.0 Å². The van der Waals surface area contributed by atoms with Crippen LogP contribution in [0.3, 0.4) is 0 Å². The summed E-state index contributed by atoms with van der Waals surface area (Å²) in [6.07, 6.45) is -14.0. The summed E-state index contributed by atoms with van der Waals surface area (Å²) in [6.45, 7) is 5.06. The van der Waals surface area contributed by atoms with Crippen molar-refractivity contribution in [2.45, 2.75) is 95.8 Å². The monoisotopic (exact) mass is 862 g/mol. The smallest absolute Gasteiger partial charge is 0.427 e. The van der Waals surface area contributed by atoms with Gasteiger partial charge in [0.15, 0.2) is 5.82 Å². The molecule has 0 saturated carbocycles. The number of methoxy groups -OCH3 is 2. The van der Waals surface area contributed by atoms with Gasteiger partial charge in [-0.3, -0.25) is 9.69 Å². The minimum absolute atomic E-state index is 0.0355. The normalized spacial score (nSPS) is 20.1. The first kappa shape index (κ1) is 43.3. The number of carbonyl (C=O) groups excluding carboxylic acids is 2. The Balaban J connectivity index is 1.36. The van der Waals surface area contributed by atoms with E-state index in [9.17, 15) is 9.59 Å². The highest BCUT2D eigenvalue weighted by Crippen LogP contribution is 2.47. The van der Waals surface area contributed by atoms with Crippen molar-refractivity contribution < 1.29 is 63.7 Å². The van der Waals surface area contributed by atoms with Gasteiger partial charge in [-0.1, -0.05) is 24.3 Å². The van der Waals surface area contributed by atoms with Crippen molar-refractivity contribution in [3.05, 3.63) is 100 Å². The summed E-state index contributed by atoms with van der Waals surface area (Å²) in [7, 11) is 2.92. The number of hydrogen-bond donors (Lipinski definition) is 0. The predicted octanol–water partition coefficient (Wildman–Crippen LogP) is 9.49. The summed E-state index contributed by atoms with van der Waals surface area (Å²) in [5, 5.41) is 0. The van der Waals surface area contributed by atoms with Crippen LogP contribution in [0.1, 0.15) is 66.2 Å². The number of ether oxygens (including phenoxy) is 4. The van der Waals surface area contributed by atoms with E-state index in [1.54, 1.807) is 69.3 Å². The molecular weight excluding hydrogens is 820 g/mol. The molecule has 0 N–H and O–H groups in total. The van der Waals surface area contributed by atoms with Gasteiger partial charge in [-0.2, -0.15) is 26.3 Å². The molecule has 2 saturated heterocycles. The van der Waals surface area contributed by atoms with E-state index in [-0.39, 0.29) is 25.9 Å². The zero-order valence-electron chi connectivity index (χ0n) is 33.9. The van der Waals surface area contributed by atoms with Crippen molar-refractivity contribution in [3.8, 4) is 28.6 Å². The lowest BCUT2D eigenvalue weighted by Crippen LogP contribution is -2.68. The van der Waals surface area contributed by atoms with Crippen LogP contribution in [0.2, 0.25) is 0 Å². The highest BCUT2D eigenvalue weighted by Gasteiger charge is 2.62. The number of alkyl halides is 6. The van der Waals surface area contributed by atoms with Gasteiger partial charge in [0.2, 0.25) is 12.0 Å². The van der Waals surface area contributed by atoms with Crippen LogP contribution >= 0.6 is 0 Å². The number of aromatic nitrogens is 1. The molecular formula is C43H42F8N4O6. The average molecular weight is 863 g/mol. The quantitative estimate of drug-likeness (QED) is 0.162. The Morgan fingerprint density at radius 3 is 1.95 bits per heavy atom. The molecule has 3 aliphatic rings. The van der Waals surface area contributed by atoms with Crippen LogP contribution in [0.5, 0.6) is 17.4 Å². The fourth-order valence-electron chi connectivity index (χ4n) is 8.36. The van der Waals surface area contributed by atoms with Gasteiger partial charge in [0.25, 0.3) is 5.91 Å². The van der Waals surface area contributed by atoms with Crippen molar-refractivity contribution >= 4 is 17.7 Å². The highest BCUT2D eigenvalue weighted by atomic mass is 19.4. The molecule has 0 spiro atoms. The Morgan fingerprint density at radius 2 is 1.44 bits per heavy atom. The summed E-state index contributed by atoms with van der Waals surface area (Å²) in [5.41, 5.74) is -5.72. The van der Waals surface area contributed by atoms with Crippen molar-refractivity contribution in [3.63, 3.8) is 0 Å². The van der Waals surface area contributed by atoms with E-state index < -0.39 is 112 Å². The number of piperazine rings is 1. The second-order valence-electron chi connectivity index (χ2n) is 16.2. The van der Waals surface area contributed by atoms with Crippen molar-refractivity contribution in [1.82, 2.24) is 14.8 Å². The molecule has 2 fully saturated rings. The van der Waals surface area contributed by atoms with E-state index in [1.807, 2.05) is 0 Å². The predicted molar refractivity (Wildman–Crippen MR) is 205 cm³/mol.